The maximum absolute atomic E-state index is 12.1. The van der Waals surface area contributed by atoms with Crippen LogP contribution < -0.4 is 5.32 Å². The molecule has 0 aromatic heterocycles. The van der Waals surface area contributed by atoms with E-state index >= 15 is 0 Å². The molecule has 0 rings (SSSR count). The lowest BCUT2D eigenvalue weighted by Crippen LogP contribution is -2.30. The van der Waals surface area contributed by atoms with Crippen LogP contribution in [-0.4, -0.2) is 67.1 Å². The van der Waals surface area contributed by atoms with Crippen LogP contribution in [-0.2, 0) is 19.1 Å². The fourth-order valence-electron chi connectivity index (χ4n) is 4.94. The number of hydrogen-bond donors (Lipinski definition) is 3. The molecule has 2 atom stereocenters. The Morgan fingerprint density at radius 2 is 1.47 bits per heavy atom. The molecular weight excluding hydrogens is 482 g/mol. The Hall–Kier alpha value is -1.02. The predicted molar refractivity (Wildman–Crippen MR) is 155 cm³/mol. The number of ether oxygens (including phenoxy) is 2. The molecule has 0 radical (unpaired) electrons. The molecule has 7 nitrogen and oxygen atoms in total. The smallest absolute Gasteiger partial charge is 0.219 e. The number of Topliss-reactive ketones (excluding diaryl/α,β-unsaturated/α-hetero) is 1. The van der Waals surface area contributed by atoms with Crippen molar-refractivity contribution in [2.75, 3.05) is 33.0 Å². The van der Waals surface area contributed by atoms with E-state index in [1.54, 1.807) is 6.92 Å². The largest absolute Gasteiger partial charge is 0.394 e. The van der Waals surface area contributed by atoms with Crippen LogP contribution in [0.2, 0.25) is 0 Å². The predicted octanol–water partition coefficient (Wildman–Crippen LogP) is 6.12. The number of aliphatic hydroxyl groups is 2. The molecule has 0 saturated carbocycles. The molecule has 0 aliphatic rings. The van der Waals surface area contributed by atoms with Gasteiger partial charge in [-0.05, 0) is 44.4 Å². The van der Waals surface area contributed by atoms with Crippen molar-refractivity contribution < 1.29 is 29.3 Å². The van der Waals surface area contributed by atoms with Gasteiger partial charge < -0.3 is 29.8 Å². The van der Waals surface area contributed by atoms with Gasteiger partial charge in [0.25, 0.3) is 0 Å². The Balaban J connectivity index is 4.03. The lowest BCUT2D eigenvalue weighted by Gasteiger charge is -2.23. The summed E-state index contributed by atoms with van der Waals surface area (Å²) in [5.41, 5.74) is -0.00140. The van der Waals surface area contributed by atoms with E-state index in [9.17, 15) is 14.7 Å². The van der Waals surface area contributed by atoms with E-state index in [0.29, 0.717) is 39.2 Å². The third-order valence-corrected chi connectivity index (χ3v) is 7.05. The van der Waals surface area contributed by atoms with Crippen molar-refractivity contribution in [3.63, 3.8) is 0 Å². The zero-order valence-corrected chi connectivity index (χ0v) is 25.2. The molecule has 0 fully saturated rings. The van der Waals surface area contributed by atoms with Crippen molar-refractivity contribution >= 4 is 11.7 Å². The van der Waals surface area contributed by atoms with Crippen molar-refractivity contribution in [3.05, 3.63) is 0 Å². The average molecular weight is 544 g/mol. The Labute approximate surface area is 233 Å². The molecule has 0 aromatic carbocycles. The summed E-state index contributed by atoms with van der Waals surface area (Å²) >= 11 is 0. The van der Waals surface area contributed by atoms with Gasteiger partial charge in [-0.3, -0.25) is 4.79 Å². The van der Waals surface area contributed by atoms with Crippen LogP contribution in [0.3, 0.4) is 0 Å². The minimum Gasteiger partial charge on any atom is -0.394 e. The third kappa shape index (κ3) is 24.1. The first-order chi connectivity index (χ1) is 18.2. The Kier molecular flexibility index (Phi) is 24.3. The van der Waals surface area contributed by atoms with Gasteiger partial charge >= 0.3 is 0 Å². The second-order valence-electron chi connectivity index (χ2n) is 11.7. The molecule has 226 valence electrons. The van der Waals surface area contributed by atoms with Crippen LogP contribution in [0.1, 0.15) is 137 Å². The number of nitrogens with one attached hydrogen (secondary N) is 1. The molecule has 3 N–H and O–H groups in total. The van der Waals surface area contributed by atoms with E-state index in [1.807, 2.05) is 0 Å². The van der Waals surface area contributed by atoms with Gasteiger partial charge in [-0.25, -0.2) is 0 Å². The van der Waals surface area contributed by atoms with Crippen LogP contribution in [0.5, 0.6) is 0 Å². The molecule has 0 spiro atoms. The van der Waals surface area contributed by atoms with E-state index in [4.69, 9.17) is 14.6 Å². The van der Waals surface area contributed by atoms with Crippen molar-refractivity contribution in [3.8, 4) is 0 Å². The molecule has 1 amide bonds. The Morgan fingerprint density at radius 3 is 2.13 bits per heavy atom. The van der Waals surface area contributed by atoms with Crippen molar-refractivity contribution in [1.82, 2.24) is 5.32 Å². The van der Waals surface area contributed by atoms with Gasteiger partial charge in [-0.15, -0.1) is 0 Å². The summed E-state index contributed by atoms with van der Waals surface area (Å²) in [7, 11) is 0. The topological polar surface area (TPSA) is 105 Å². The molecule has 2 unspecified atom stereocenters. The minimum atomic E-state index is -0.448. The van der Waals surface area contributed by atoms with Crippen LogP contribution >= 0.6 is 0 Å². The number of rotatable bonds is 28. The van der Waals surface area contributed by atoms with Gasteiger partial charge in [0.1, 0.15) is 5.78 Å². The first kappa shape index (κ1) is 37.0. The quantitative estimate of drug-likeness (QED) is 0.103. The van der Waals surface area contributed by atoms with Gasteiger partial charge in [0.05, 0.1) is 38.6 Å². The van der Waals surface area contributed by atoms with E-state index < -0.39 is 6.10 Å². The van der Waals surface area contributed by atoms with Crippen LogP contribution in [0, 0.1) is 5.41 Å². The number of hydrogen-bond acceptors (Lipinski definition) is 6. The standard InChI is InChI=1S/C31H61NO6/c1-5-6-7-8-10-13-17-28(35)29(38-25-24-37-23-22-33)18-14-11-9-12-15-19-30(36)32-21-16-20-31(3,4)26-27(2)34/h28-29,33,35H,5-26H2,1-4H3,(H,32,36). The zero-order chi connectivity index (χ0) is 28.5. The minimum absolute atomic E-state index is 0.00140. The van der Waals surface area contributed by atoms with Gasteiger partial charge in [0, 0.05) is 19.4 Å². The molecule has 0 aliphatic carbocycles. The summed E-state index contributed by atoms with van der Waals surface area (Å²) < 4.78 is 11.3. The first-order valence-electron chi connectivity index (χ1n) is 15.5. The monoisotopic (exact) mass is 543 g/mol. The summed E-state index contributed by atoms with van der Waals surface area (Å²) in [6.07, 6.45) is 16.3. The van der Waals surface area contributed by atoms with E-state index in [-0.39, 0.29) is 29.8 Å². The van der Waals surface area contributed by atoms with Gasteiger partial charge in [-0.1, -0.05) is 85.0 Å². The van der Waals surface area contributed by atoms with Crippen molar-refractivity contribution in [2.45, 2.75) is 149 Å². The Morgan fingerprint density at radius 1 is 0.842 bits per heavy atom. The highest BCUT2D eigenvalue weighted by molar-refractivity contribution is 5.76. The summed E-state index contributed by atoms with van der Waals surface area (Å²) in [5.74, 6) is 0.333. The second kappa shape index (κ2) is 25.0. The summed E-state index contributed by atoms with van der Waals surface area (Å²) in [4.78, 5) is 23.4. The van der Waals surface area contributed by atoms with Crippen molar-refractivity contribution in [2.24, 2.45) is 5.41 Å². The molecule has 0 heterocycles. The SMILES string of the molecule is CCCCCCCCC(O)C(CCCCCCCC(=O)NCCCC(C)(C)CC(C)=O)OCCOCCO. The van der Waals surface area contributed by atoms with E-state index in [1.165, 1.54) is 25.7 Å². The van der Waals surface area contributed by atoms with Gasteiger partial charge in [-0.2, -0.15) is 0 Å². The Bertz CT molecular complexity index is 569. The molecule has 0 bridgehead atoms. The molecule has 38 heavy (non-hydrogen) atoms. The maximum atomic E-state index is 12.1. The van der Waals surface area contributed by atoms with E-state index in [0.717, 1.165) is 70.6 Å². The molecular formula is C31H61NO6. The second-order valence-corrected chi connectivity index (χ2v) is 11.7. The van der Waals surface area contributed by atoms with Gasteiger partial charge in [0.2, 0.25) is 5.91 Å². The lowest BCUT2D eigenvalue weighted by atomic mass is 9.83. The summed E-state index contributed by atoms with van der Waals surface area (Å²) in [6.45, 7) is 9.92. The number of carbonyl (C=O) groups is 2. The third-order valence-electron chi connectivity index (χ3n) is 7.05. The number of ketones is 1. The average Bonchev–Trinajstić information content (AvgIpc) is 2.85. The molecule has 0 saturated heterocycles. The lowest BCUT2D eigenvalue weighted by molar-refractivity contribution is -0.121. The maximum Gasteiger partial charge on any atom is 0.219 e. The highest BCUT2D eigenvalue weighted by Crippen LogP contribution is 2.26. The fourth-order valence-corrected chi connectivity index (χ4v) is 4.94. The van der Waals surface area contributed by atoms with Crippen LogP contribution in [0.4, 0.5) is 0 Å². The highest BCUT2D eigenvalue weighted by atomic mass is 16.5. The fraction of sp³-hybridized carbons (Fsp3) is 0.935. The number of carbonyl (C=O) groups excluding carboxylic acids is 2. The van der Waals surface area contributed by atoms with E-state index in [2.05, 4.69) is 26.1 Å². The molecule has 0 aliphatic heterocycles. The number of amides is 1. The van der Waals surface area contributed by atoms with Gasteiger partial charge in [0.15, 0.2) is 0 Å². The molecule has 7 heteroatoms. The van der Waals surface area contributed by atoms with Crippen molar-refractivity contribution in [1.29, 1.82) is 0 Å². The zero-order valence-electron chi connectivity index (χ0n) is 25.2. The van der Waals surface area contributed by atoms with Crippen LogP contribution in [0.15, 0.2) is 0 Å². The highest BCUT2D eigenvalue weighted by Gasteiger charge is 2.20. The molecule has 0 aromatic rings. The number of aliphatic hydroxyl groups excluding tert-OH is 2. The normalized spacial score (nSPS) is 13.4. The first-order valence-corrected chi connectivity index (χ1v) is 15.5. The summed E-state index contributed by atoms with van der Waals surface area (Å²) in [5, 5.41) is 22.6. The van der Waals surface area contributed by atoms with Crippen LogP contribution in [0.25, 0.3) is 0 Å². The number of unbranched alkanes of at least 4 members (excludes halogenated alkanes) is 9. The summed E-state index contributed by atoms with van der Waals surface area (Å²) in [6, 6.07) is 0.